The lowest BCUT2D eigenvalue weighted by atomic mass is 9.95. The number of carbonyl (C=O) groups excluding carboxylic acids is 2. The zero-order valence-corrected chi connectivity index (χ0v) is 27.4. The first-order chi connectivity index (χ1) is 22.3. The maximum absolute atomic E-state index is 14.9. The molecule has 0 saturated carbocycles. The van der Waals surface area contributed by atoms with Crippen LogP contribution in [0.2, 0.25) is 0 Å². The van der Waals surface area contributed by atoms with Crippen LogP contribution in [0.3, 0.4) is 0 Å². The molecule has 1 unspecified atom stereocenters. The fraction of sp³-hybridized carbons (Fsp3) is 0.543. The largest absolute Gasteiger partial charge is 0.338 e. The minimum absolute atomic E-state index is 0.00847. The van der Waals surface area contributed by atoms with Gasteiger partial charge >= 0.3 is 0 Å². The van der Waals surface area contributed by atoms with E-state index in [1.54, 1.807) is 29.2 Å². The molecule has 46 heavy (non-hydrogen) atoms. The van der Waals surface area contributed by atoms with Crippen LogP contribution in [-0.2, 0) is 11.2 Å². The van der Waals surface area contributed by atoms with Crippen molar-refractivity contribution in [3.63, 3.8) is 0 Å². The smallest absolute Gasteiger partial charge is 0.272 e. The molecule has 3 aromatic rings. The van der Waals surface area contributed by atoms with Gasteiger partial charge in [0.2, 0.25) is 5.91 Å². The number of carbonyl (C=O) groups is 2. The number of halogens is 1. The third-order valence-corrected chi connectivity index (χ3v) is 9.36. The van der Waals surface area contributed by atoms with Crippen LogP contribution in [0.1, 0.15) is 55.2 Å². The van der Waals surface area contributed by atoms with Gasteiger partial charge in [-0.25, -0.2) is 9.49 Å². The van der Waals surface area contributed by atoms with Gasteiger partial charge in [0.1, 0.15) is 5.82 Å². The Bertz CT molecular complexity index is 1550. The maximum Gasteiger partial charge on any atom is 0.272 e. The normalized spacial score (nSPS) is 20.0. The molecule has 4 heterocycles. The third-order valence-electron chi connectivity index (χ3n) is 9.36. The molecule has 6 rings (SSSR count). The van der Waals surface area contributed by atoms with Gasteiger partial charge in [0.05, 0.1) is 23.2 Å². The molecule has 0 radical (unpaired) electrons. The van der Waals surface area contributed by atoms with Crippen LogP contribution in [0.25, 0.3) is 10.8 Å². The summed E-state index contributed by atoms with van der Waals surface area (Å²) in [6.45, 7) is 14.6. The number of piperazine rings is 2. The number of benzene rings is 2. The Balaban J connectivity index is 0.00000204. The van der Waals surface area contributed by atoms with Crippen molar-refractivity contribution in [2.75, 3.05) is 72.0 Å². The van der Waals surface area contributed by atoms with Crippen LogP contribution in [0.4, 0.5) is 4.39 Å². The minimum Gasteiger partial charge on any atom is -0.338 e. The summed E-state index contributed by atoms with van der Waals surface area (Å²) < 4.78 is 14.9. The van der Waals surface area contributed by atoms with Crippen molar-refractivity contribution in [2.24, 2.45) is 5.92 Å². The van der Waals surface area contributed by atoms with Crippen molar-refractivity contribution >= 4 is 22.6 Å². The van der Waals surface area contributed by atoms with Crippen molar-refractivity contribution in [1.82, 2.24) is 35.1 Å². The molecule has 0 spiro atoms. The molecule has 3 fully saturated rings. The standard InChI is InChI=1S/C33H42FN7O3.C2H6/c1-23-20-39(13-10-35-23)21-24-8-11-38(12-9-24)22-31(42)40-14-16-41(17-15-40)33(44)28-18-25(6-7-29(28)34)19-30-26-4-2-3-5-27(26)32(43)37-36-30;1-2/h2-7,18,23-24,35H,8-17,19-22H2,1H3,(H,37,43);1-2H3. The summed E-state index contributed by atoms with van der Waals surface area (Å²) in [4.78, 5) is 46.9. The van der Waals surface area contributed by atoms with Crippen LogP contribution in [-0.4, -0.2) is 120 Å². The fourth-order valence-electron chi connectivity index (χ4n) is 6.84. The van der Waals surface area contributed by atoms with Crippen molar-refractivity contribution in [2.45, 2.75) is 46.1 Å². The molecule has 3 aliphatic rings. The monoisotopic (exact) mass is 633 g/mol. The molecule has 11 heteroatoms. The summed E-state index contributed by atoms with van der Waals surface area (Å²) in [5.41, 5.74) is 1.11. The second-order valence-electron chi connectivity index (χ2n) is 12.5. The zero-order chi connectivity index (χ0) is 32.6. The second kappa shape index (κ2) is 15.8. The number of piperidine rings is 1. The highest BCUT2D eigenvalue weighted by atomic mass is 19.1. The summed E-state index contributed by atoms with van der Waals surface area (Å²) in [5.74, 6) is -0.171. The summed E-state index contributed by atoms with van der Waals surface area (Å²) in [6.07, 6.45) is 2.58. The average Bonchev–Trinajstić information content (AvgIpc) is 3.08. The van der Waals surface area contributed by atoms with Crippen molar-refractivity contribution < 1.29 is 14.0 Å². The molecule has 0 aliphatic carbocycles. The minimum atomic E-state index is -0.577. The molecule has 3 saturated heterocycles. The molecule has 10 nitrogen and oxygen atoms in total. The Hall–Kier alpha value is -3.67. The van der Waals surface area contributed by atoms with E-state index in [0.29, 0.717) is 62.2 Å². The summed E-state index contributed by atoms with van der Waals surface area (Å²) >= 11 is 0. The van der Waals surface area contributed by atoms with E-state index in [-0.39, 0.29) is 22.9 Å². The third kappa shape index (κ3) is 8.18. The Labute approximate surface area is 270 Å². The predicted molar refractivity (Wildman–Crippen MR) is 178 cm³/mol. The number of amides is 2. The Morgan fingerprint density at radius 2 is 1.61 bits per heavy atom. The number of nitrogens with zero attached hydrogens (tertiary/aromatic N) is 5. The van der Waals surface area contributed by atoms with Gasteiger partial charge in [0.15, 0.2) is 0 Å². The van der Waals surface area contributed by atoms with Gasteiger partial charge < -0.3 is 20.0 Å². The number of likely N-dealkylation sites (tertiary alicyclic amines) is 1. The highest BCUT2D eigenvalue weighted by Crippen LogP contribution is 2.21. The molecule has 1 atom stereocenters. The zero-order valence-electron chi connectivity index (χ0n) is 27.4. The molecular formula is C35H48FN7O3. The summed E-state index contributed by atoms with van der Waals surface area (Å²) in [7, 11) is 0. The number of hydrogen-bond acceptors (Lipinski definition) is 7. The van der Waals surface area contributed by atoms with Crippen LogP contribution in [0.15, 0.2) is 47.3 Å². The van der Waals surface area contributed by atoms with E-state index in [9.17, 15) is 18.8 Å². The number of fused-ring (bicyclic) bond motifs is 1. The lowest BCUT2D eigenvalue weighted by Gasteiger charge is -2.39. The van der Waals surface area contributed by atoms with E-state index in [1.165, 1.54) is 6.07 Å². The van der Waals surface area contributed by atoms with Crippen molar-refractivity contribution in [3.05, 3.63) is 75.5 Å². The van der Waals surface area contributed by atoms with Gasteiger partial charge in [-0.15, -0.1) is 0 Å². The van der Waals surface area contributed by atoms with Gasteiger partial charge in [0.25, 0.3) is 11.5 Å². The molecule has 248 valence electrons. The molecule has 2 N–H and O–H groups in total. The van der Waals surface area contributed by atoms with Gasteiger partial charge in [-0.05, 0) is 62.5 Å². The molecule has 1 aromatic heterocycles. The highest BCUT2D eigenvalue weighted by molar-refractivity contribution is 5.95. The van der Waals surface area contributed by atoms with E-state index >= 15 is 0 Å². The summed E-state index contributed by atoms with van der Waals surface area (Å²) in [6, 6.07) is 12.3. The average molecular weight is 634 g/mol. The Kier molecular flexibility index (Phi) is 11.5. The topological polar surface area (TPSA) is 105 Å². The van der Waals surface area contributed by atoms with Gasteiger partial charge in [-0.1, -0.05) is 38.1 Å². The number of hydrogen-bond donors (Lipinski definition) is 2. The first kappa shape index (κ1) is 33.7. The maximum atomic E-state index is 14.9. The number of rotatable bonds is 7. The van der Waals surface area contributed by atoms with E-state index in [1.807, 2.05) is 30.9 Å². The van der Waals surface area contributed by atoms with E-state index in [4.69, 9.17) is 0 Å². The first-order valence-electron chi connectivity index (χ1n) is 16.8. The molecule has 2 amide bonds. The highest BCUT2D eigenvalue weighted by Gasteiger charge is 2.29. The number of H-pyrrole nitrogens is 1. The van der Waals surface area contributed by atoms with E-state index in [0.717, 1.165) is 63.1 Å². The predicted octanol–water partition coefficient (Wildman–Crippen LogP) is 2.97. The first-order valence-corrected chi connectivity index (χ1v) is 16.8. The quantitative estimate of drug-likeness (QED) is 0.413. The fourth-order valence-corrected chi connectivity index (χ4v) is 6.84. The van der Waals surface area contributed by atoms with Gasteiger partial charge in [-0.3, -0.25) is 19.3 Å². The van der Waals surface area contributed by atoms with Crippen LogP contribution in [0.5, 0.6) is 0 Å². The van der Waals surface area contributed by atoms with Crippen molar-refractivity contribution in [1.29, 1.82) is 0 Å². The number of aromatic nitrogens is 2. The van der Waals surface area contributed by atoms with Crippen molar-refractivity contribution in [3.8, 4) is 0 Å². The van der Waals surface area contributed by atoms with E-state index in [2.05, 4.69) is 32.2 Å². The SMILES string of the molecule is CC.CC1CN(CC2CCN(CC(=O)N3CCN(C(=O)c4cc(Cc5n[nH]c(=O)c6ccccc56)ccc4F)CC3)CC2)CCN1. The Morgan fingerprint density at radius 3 is 2.33 bits per heavy atom. The molecular weight excluding hydrogens is 585 g/mol. The van der Waals surface area contributed by atoms with Gasteiger partial charge in [0, 0.05) is 70.2 Å². The lowest BCUT2D eigenvalue weighted by Crippen LogP contribution is -2.53. The van der Waals surface area contributed by atoms with Crippen LogP contribution >= 0.6 is 0 Å². The number of nitrogens with one attached hydrogen (secondary N) is 2. The second-order valence-corrected chi connectivity index (χ2v) is 12.5. The lowest BCUT2D eigenvalue weighted by molar-refractivity contribution is -0.134. The molecule has 3 aliphatic heterocycles. The summed E-state index contributed by atoms with van der Waals surface area (Å²) in [5, 5.41) is 11.5. The van der Waals surface area contributed by atoms with Gasteiger partial charge in [-0.2, -0.15) is 5.10 Å². The number of aromatic amines is 1. The molecule has 0 bridgehead atoms. The van der Waals surface area contributed by atoms with Crippen LogP contribution < -0.4 is 10.9 Å². The molecule has 2 aromatic carbocycles. The van der Waals surface area contributed by atoms with E-state index < -0.39 is 5.82 Å². The van der Waals surface area contributed by atoms with Crippen LogP contribution in [0, 0.1) is 11.7 Å². The Morgan fingerprint density at radius 1 is 0.913 bits per heavy atom.